The Kier molecular flexibility index (Phi) is 7.61. The second-order valence-corrected chi connectivity index (χ2v) is 6.35. The lowest BCUT2D eigenvalue weighted by Crippen LogP contribution is -2.45. The van der Waals surface area contributed by atoms with Crippen molar-refractivity contribution in [1.82, 2.24) is 10.2 Å². The zero-order chi connectivity index (χ0) is 19.9. The van der Waals surface area contributed by atoms with E-state index in [4.69, 9.17) is 10.5 Å². The van der Waals surface area contributed by atoms with Gasteiger partial charge in [0, 0.05) is 25.3 Å². The minimum Gasteiger partial charge on any atom is -0.378 e. The first-order valence-corrected chi connectivity index (χ1v) is 8.86. The minimum absolute atomic E-state index is 0.0720. The number of benzene rings is 1. The average molecular weight is 387 g/mol. The second-order valence-electron chi connectivity index (χ2n) is 6.35. The molecule has 1 saturated heterocycles. The van der Waals surface area contributed by atoms with Crippen molar-refractivity contribution in [2.24, 2.45) is 5.73 Å². The standard InChI is InChI=1S/C18H24F3N3O3/c19-18(20,21)14-4-2-13(3-5-14)17(26)23-12-16(25)24-9-6-15(7-10-24)27-11-1-8-22/h2-5,15H,1,6-12,22H2,(H,23,26). The molecule has 2 amide bonds. The molecule has 0 aliphatic carbocycles. The zero-order valence-electron chi connectivity index (χ0n) is 14.9. The summed E-state index contributed by atoms with van der Waals surface area (Å²) in [6, 6.07) is 3.86. The molecule has 1 fully saturated rings. The first kappa shape index (κ1) is 21.2. The Labute approximate surface area is 155 Å². The largest absolute Gasteiger partial charge is 0.416 e. The highest BCUT2D eigenvalue weighted by Gasteiger charge is 2.30. The number of hydrogen-bond donors (Lipinski definition) is 2. The summed E-state index contributed by atoms with van der Waals surface area (Å²) < 4.78 is 43.3. The Hall–Kier alpha value is -2.13. The van der Waals surface area contributed by atoms with Crippen LogP contribution in [0.2, 0.25) is 0 Å². The predicted molar refractivity (Wildman–Crippen MR) is 93.0 cm³/mol. The van der Waals surface area contributed by atoms with Crippen LogP contribution >= 0.6 is 0 Å². The normalized spacial score (nSPS) is 15.6. The van der Waals surface area contributed by atoms with E-state index in [2.05, 4.69) is 5.32 Å². The molecule has 27 heavy (non-hydrogen) atoms. The van der Waals surface area contributed by atoms with E-state index in [1.165, 1.54) is 0 Å². The molecule has 6 nitrogen and oxygen atoms in total. The van der Waals surface area contributed by atoms with Gasteiger partial charge in [-0.1, -0.05) is 0 Å². The molecule has 150 valence electrons. The molecule has 0 aromatic heterocycles. The van der Waals surface area contributed by atoms with Crippen molar-refractivity contribution < 1.29 is 27.5 Å². The Morgan fingerprint density at radius 3 is 2.37 bits per heavy atom. The molecule has 1 aliphatic rings. The molecule has 0 bridgehead atoms. The molecule has 0 saturated carbocycles. The van der Waals surface area contributed by atoms with Gasteiger partial charge in [-0.2, -0.15) is 13.2 Å². The topological polar surface area (TPSA) is 84.7 Å². The summed E-state index contributed by atoms with van der Waals surface area (Å²) in [6.07, 6.45) is -2.09. The number of nitrogens with one attached hydrogen (secondary N) is 1. The maximum atomic E-state index is 12.5. The average Bonchev–Trinajstić information content (AvgIpc) is 2.66. The molecule has 1 heterocycles. The lowest BCUT2D eigenvalue weighted by molar-refractivity contribution is -0.137. The number of piperidine rings is 1. The van der Waals surface area contributed by atoms with E-state index in [-0.39, 0.29) is 24.1 Å². The third kappa shape index (κ3) is 6.51. The number of likely N-dealkylation sites (tertiary alicyclic amines) is 1. The van der Waals surface area contributed by atoms with E-state index in [0.717, 1.165) is 43.5 Å². The van der Waals surface area contributed by atoms with E-state index in [9.17, 15) is 22.8 Å². The SMILES string of the molecule is NCCCOC1CCN(C(=O)CNC(=O)c2ccc(C(F)(F)F)cc2)CC1. The van der Waals surface area contributed by atoms with E-state index in [1.54, 1.807) is 4.90 Å². The molecule has 0 atom stereocenters. The minimum atomic E-state index is -4.45. The second kappa shape index (κ2) is 9.70. The fraction of sp³-hybridized carbons (Fsp3) is 0.556. The Balaban J connectivity index is 1.74. The molecule has 0 spiro atoms. The highest BCUT2D eigenvalue weighted by atomic mass is 19.4. The van der Waals surface area contributed by atoms with E-state index < -0.39 is 17.6 Å². The van der Waals surface area contributed by atoms with Gasteiger partial charge in [-0.05, 0) is 50.1 Å². The summed E-state index contributed by atoms with van der Waals surface area (Å²) in [5, 5.41) is 2.45. The predicted octanol–water partition coefficient (Wildman–Crippen LogP) is 1.79. The van der Waals surface area contributed by atoms with Crippen molar-refractivity contribution >= 4 is 11.8 Å². The van der Waals surface area contributed by atoms with Gasteiger partial charge in [-0.15, -0.1) is 0 Å². The number of halogens is 3. The van der Waals surface area contributed by atoms with Gasteiger partial charge in [0.15, 0.2) is 0 Å². The third-order valence-electron chi connectivity index (χ3n) is 4.37. The summed E-state index contributed by atoms with van der Waals surface area (Å²) >= 11 is 0. The van der Waals surface area contributed by atoms with E-state index in [0.29, 0.717) is 26.2 Å². The molecule has 0 radical (unpaired) electrons. The van der Waals surface area contributed by atoms with Gasteiger partial charge in [-0.3, -0.25) is 9.59 Å². The van der Waals surface area contributed by atoms with Gasteiger partial charge >= 0.3 is 6.18 Å². The Bertz CT molecular complexity index is 627. The van der Waals surface area contributed by atoms with Gasteiger partial charge in [0.05, 0.1) is 18.2 Å². The number of carbonyl (C=O) groups excluding carboxylic acids is 2. The molecule has 9 heteroatoms. The number of carbonyl (C=O) groups is 2. The van der Waals surface area contributed by atoms with Crippen LogP contribution in [-0.2, 0) is 15.7 Å². The van der Waals surface area contributed by atoms with Gasteiger partial charge in [0.2, 0.25) is 5.91 Å². The van der Waals surface area contributed by atoms with Crippen LogP contribution in [0.3, 0.4) is 0 Å². The number of rotatable bonds is 7. The van der Waals surface area contributed by atoms with Crippen molar-refractivity contribution in [2.75, 3.05) is 32.8 Å². The number of nitrogens with two attached hydrogens (primary N) is 1. The summed E-state index contributed by atoms with van der Waals surface area (Å²) in [5.41, 5.74) is 4.66. The fourth-order valence-corrected chi connectivity index (χ4v) is 2.79. The van der Waals surface area contributed by atoms with Crippen LogP contribution in [0.25, 0.3) is 0 Å². The maximum Gasteiger partial charge on any atom is 0.416 e. The summed E-state index contributed by atoms with van der Waals surface area (Å²) in [6.45, 7) is 2.08. The van der Waals surface area contributed by atoms with Gasteiger partial charge in [-0.25, -0.2) is 0 Å². The lowest BCUT2D eigenvalue weighted by atomic mass is 10.1. The number of alkyl halides is 3. The molecular formula is C18H24F3N3O3. The van der Waals surface area contributed by atoms with Crippen LogP contribution in [-0.4, -0.2) is 55.6 Å². The van der Waals surface area contributed by atoms with Crippen molar-refractivity contribution in [3.05, 3.63) is 35.4 Å². The number of amides is 2. The van der Waals surface area contributed by atoms with Gasteiger partial charge in [0.1, 0.15) is 0 Å². The number of ether oxygens (including phenoxy) is 1. The Morgan fingerprint density at radius 1 is 1.19 bits per heavy atom. The quantitative estimate of drug-likeness (QED) is 0.699. The first-order chi connectivity index (χ1) is 12.8. The van der Waals surface area contributed by atoms with Crippen molar-refractivity contribution in [3.63, 3.8) is 0 Å². The summed E-state index contributed by atoms with van der Waals surface area (Å²) in [7, 11) is 0. The third-order valence-corrected chi connectivity index (χ3v) is 4.37. The van der Waals surface area contributed by atoms with Crippen LogP contribution in [0.4, 0.5) is 13.2 Å². The van der Waals surface area contributed by atoms with Crippen LogP contribution in [0.5, 0.6) is 0 Å². The van der Waals surface area contributed by atoms with Crippen molar-refractivity contribution in [2.45, 2.75) is 31.5 Å². The van der Waals surface area contributed by atoms with Gasteiger partial charge < -0.3 is 20.7 Å². The zero-order valence-corrected chi connectivity index (χ0v) is 14.9. The van der Waals surface area contributed by atoms with Crippen LogP contribution < -0.4 is 11.1 Å². The van der Waals surface area contributed by atoms with Crippen molar-refractivity contribution in [1.29, 1.82) is 0 Å². The molecular weight excluding hydrogens is 363 g/mol. The molecule has 2 rings (SSSR count). The number of nitrogens with zero attached hydrogens (tertiary/aromatic N) is 1. The molecule has 1 aromatic rings. The summed E-state index contributed by atoms with van der Waals surface area (Å²) in [5.74, 6) is -0.812. The first-order valence-electron chi connectivity index (χ1n) is 8.86. The Morgan fingerprint density at radius 2 is 1.81 bits per heavy atom. The molecule has 3 N–H and O–H groups in total. The van der Waals surface area contributed by atoms with Crippen LogP contribution in [0, 0.1) is 0 Å². The summed E-state index contributed by atoms with van der Waals surface area (Å²) in [4.78, 5) is 25.8. The molecule has 1 aliphatic heterocycles. The van der Waals surface area contributed by atoms with Crippen LogP contribution in [0.1, 0.15) is 35.2 Å². The smallest absolute Gasteiger partial charge is 0.378 e. The number of hydrogen-bond acceptors (Lipinski definition) is 4. The van der Waals surface area contributed by atoms with Crippen LogP contribution in [0.15, 0.2) is 24.3 Å². The maximum absolute atomic E-state index is 12.5. The molecule has 0 unspecified atom stereocenters. The van der Waals surface area contributed by atoms with E-state index >= 15 is 0 Å². The van der Waals surface area contributed by atoms with E-state index in [1.807, 2.05) is 0 Å². The van der Waals surface area contributed by atoms with Crippen molar-refractivity contribution in [3.8, 4) is 0 Å². The highest BCUT2D eigenvalue weighted by Crippen LogP contribution is 2.29. The lowest BCUT2D eigenvalue weighted by Gasteiger charge is -2.32. The van der Waals surface area contributed by atoms with Gasteiger partial charge in [0.25, 0.3) is 5.91 Å². The fourth-order valence-electron chi connectivity index (χ4n) is 2.79. The highest BCUT2D eigenvalue weighted by molar-refractivity contribution is 5.96. The monoisotopic (exact) mass is 387 g/mol. The molecule has 1 aromatic carbocycles.